The second-order valence-electron chi connectivity index (χ2n) is 10.4. The van der Waals surface area contributed by atoms with Gasteiger partial charge in [-0.15, -0.1) is 5.10 Å². The highest BCUT2D eigenvalue weighted by molar-refractivity contribution is 5.95. The zero-order chi connectivity index (χ0) is 35.1. The first-order valence-corrected chi connectivity index (χ1v) is 14.5. The highest BCUT2D eigenvalue weighted by Crippen LogP contribution is 2.34. The third-order valence-electron chi connectivity index (χ3n) is 5.83. The maximum Gasteiger partial charge on any atom is 0.349 e. The van der Waals surface area contributed by atoms with Gasteiger partial charge in [0.15, 0.2) is 23.1 Å². The van der Waals surface area contributed by atoms with Crippen LogP contribution in [-0.4, -0.2) is 86.0 Å². The number of nitrogens with zero attached hydrogens (tertiary/aromatic N) is 4. The first-order chi connectivity index (χ1) is 22.2. The molecular formula is C32H42N8O7. The largest absolute Gasteiger partial charge is 0.490 e. The van der Waals surface area contributed by atoms with Crippen molar-refractivity contribution in [1.29, 1.82) is 5.41 Å². The average molecular weight is 651 g/mol. The van der Waals surface area contributed by atoms with Crippen molar-refractivity contribution < 1.29 is 29.3 Å². The van der Waals surface area contributed by atoms with E-state index in [0.29, 0.717) is 35.3 Å². The van der Waals surface area contributed by atoms with E-state index in [4.69, 9.17) is 40.4 Å². The molecule has 0 bridgehead atoms. The van der Waals surface area contributed by atoms with E-state index in [1.165, 1.54) is 4.68 Å². The molecule has 0 radical (unpaired) electrons. The molecule has 7 N–H and O–H groups in total. The molecule has 47 heavy (non-hydrogen) atoms. The summed E-state index contributed by atoms with van der Waals surface area (Å²) in [5.74, 6) is 0.330. The molecule has 0 fully saturated rings. The highest BCUT2D eigenvalue weighted by Gasteiger charge is 2.23. The molecule has 2 unspecified atom stereocenters. The van der Waals surface area contributed by atoms with Gasteiger partial charge < -0.3 is 35.6 Å². The maximum absolute atomic E-state index is 12.9. The van der Waals surface area contributed by atoms with E-state index in [9.17, 15) is 4.79 Å². The number of pyridine rings is 1. The summed E-state index contributed by atoms with van der Waals surface area (Å²) in [5, 5.41) is 30.5. The quantitative estimate of drug-likeness (QED) is 0.0960. The van der Waals surface area contributed by atoms with Crippen LogP contribution in [0.3, 0.4) is 0 Å². The lowest BCUT2D eigenvalue weighted by atomic mass is 10.0. The van der Waals surface area contributed by atoms with Gasteiger partial charge >= 0.3 is 5.69 Å². The molecule has 0 saturated heterocycles. The Labute approximate surface area is 272 Å². The van der Waals surface area contributed by atoms with Gasteiger partial charge in [0.1, 0.15) is 18.0 Å². The van der Waals surface area contributed by atoms with Crippen molar-refractivity contribution in [2.45, 2.75) is 39.8 Å². The number of aromatic nitrogens is 4. The van der Waals surface area contributed by atoms with Crippen molar-refractivity contribution >= 4 is 23.5 Å². The highest BCUT2D eigenvalue weighted by atomic mass is 16.5. The number of aromatic amines is 1. The van der Waals surface area contributed by atoms with E-state index in [1.807, 2.05) is 58.3 Å². The van der Waals surface area contributed by atoms with E-state index >= 15 is 0 Å². The van der Waals surface area contributed by atoms with Crippen LogP contribution >= 0.6 is 0 Å². The van der Waals surface area contributed by atoms with Crippen LogP contribution in [-0.2, 0) is 9.59 Å². The van der Waals surface area contributed by atoms with Crippen molar-refractivity contribution in [3.63, 3.8) is 0 Å². The van der Waals surface area contributed by atoms with Crippen LogP contribution in [0.1, 0.15) is 50.7 Å². The lowest BCUT2D eigenvalue weighted by Crippen LogP contribution is -2.28. The number of carboxylic acid groups (broad SMARTS) is 2. The molecule has 2 heterocycles. The Bertz CT molecular complexity index is 1630. The predicted octanol–water partition coefficient (Wildman–Crippen LogP) is 3.35. The fourth-order valence-electron chi connectivity index (χ4n) is 4.17. The summed E-state index contributed by atoms with van der Waals surface area (Å²) in [6.45, 7) is 7.29. The minimum Gasteiger partial charge on any atom is -0.490 e. The second kappa shape index (κ2) is 18.3. The second-order valence-corrected chi connectivity index (χ2v) is 10.4. The number of anilines is 1. The summed E-state index contributed by atoms with van der Waals surface area (Å²) in [7, 11) is 3.99. The molecule has 252 valence electrons. The van der Waals surface area contributed by atoms with Crippen LogP contribution in [0.15, 0.2) is 71.7 Å². The molecule has 0 aliphatic heterocycles. The number of H-pyrrole nitrogens is 1. The minimum absolute atomic E-state index is 0.0167. The van der Waals surface area contributed by atoms with Crippen molar-refractivity contribution in [3.8, 4) is 17.3 Å². The van der Waals surface area contributed by atoms with Crippen molar-refractivity contribution in [1.82, 2.24) is 24.6 Å². The van der Waals surface area contributed by atoms with Crippen molar-refractivity contribution in [3.05, 3.63) is 94.3 Å². The van der Waals surface area contributed by atoms with Gasteiger partial charge in [0.05, 0.1) is 6.61 Å². The Morgan fingerprint density at radius 3 is 2.23 bits per heavy atom. The van der Waals surface area contributed by atoms with Crippen LogP contribution in [0.4, 0.5) is 5.69 Å². The first-order valence-electron chi connectivity index (χ1n) is 14.5. The molecule has 0 aliphatic carbocycles. The number of benzene rings is 2. The SMILES string of the molecule is CC(=O)O.CC(=O)O.CCOc1cc(C(Nc2ccc(C(=N)N)cc2)c2nn(-c3ccccn3)c(=O)[nH]2)ccc1OC(C)CN(C)C. The van der Waals surface area contributed by atoms with Gasteiger partial charge in [-0.3, -0.25) is 20.0 Å². The van der Waals surface area contributed by atoms with Gasteiger partial charge in [-0.2, -0.15) is 4.68 Å². The van der Waals surface area contributed by atoms with Crippen LogP contribution in [0, 0.1) is 5.41 Å². The molecular weight excluding hydrogens is 608 g/mol. The number of rotatable bonds is 12. The molecule has 15 heteroatoms. The van der Waals surface area contributed by atoms with E-state index in [2.05, 4.69) is 25.3 Å². The van der Waals surface area contributed by atoms with E-state index < -0.39 is 23.7 Å². The molecule has 4 aromatic rings. The number of hydrogen-bond acceptors (Lipinski definition) is 10. The molecule has 4 rings (SSSR count). The van der Waals surface area contributed by atoms with Gasteiger partial charge in [-0.25, -0.2) is 9.78 Å². The topological polar surface area (TPSA) is 222 Å². The van der Waals surface area contributed by atoms with Crippen LogP contribution in [0.2, 0.25) is 0 Å². The van der Waals surface area contributed by atoms with Gasteiger partial charge in [-0.05, 0) is 82.0 Å². The average Bonchev–Trinajstić information content (AvgIpc) is 3.37. The molecule has 15 nitrogen and oxygen atoms in total. The van der Waals surface area contributed by atoms with Crippen LogP contribution < -0.4 is 26.2 Å². The Morgan fingerprint density at radius 1 is 1.06 bits per heavy atom. The first kappa shape index (κ1) is 37.5. The third kappa shape index (κ3) is 12.7. The number of nitrogens with two attached hydrogens (primary N) is 1. The Kier molecular flexibility index (Phi) is 14.6. The summed E-state index contributed by atoms with van der Waals surface area (Å²) in [4.78, 5) is 40.1. The number of aliphatic carboxylic acids is 2. The number of amidine groups is 1. The Hall–Kier alpha value is -5.70. The number of carbonyl (C=O) groups is 2. The number of nitrogens with one attached hydrogen (secondary N) is 3. The fraction of sp³-hybridized carbons (Fsp3) is 0.312. The van der Waals surface area contributed by atoms with E-state index in [-0.39, 0.29) is 11.9 Å². The summed E-state index contributed by atoms with van der Waals surface area (Å²) in [5.41, 5.74) is 7.36. The molecule has 0 aliphatic rings. The summed E-state index contributed by atoms with van der Waals surface area (Å²) >= 11 is 0. The molecule has 0 saturated carbocycles. The van der Waals surface area contributed by atoms with Crippen LogP contribution in [0.5, 0.6) is 11.5 Å². The fourth-order valence-corrected chi connectivity index (χ4v) is 4.17. The van der Waals surface area contributed by atoms with Crippen molar-refractivity contribution in [2.24, 2.45) is 5.73 Å². The van der Waals surface area contributed by atoms with E-state index in [0.717, 1.165) is 31.6 Å². The smallest absolute Gasteiger partial charge is 0.349 e. The molecule has 0 amide bonds. The van der Waals surface area contributed by atoms with E-state index in [1.54, 1.807) is 36.5 Å². The minimum atomic E-state index is -0.833. The lowest BCUT2D eigenvalue weighted by Gasteiger charge is -2.23. The predicted molar refractivity (Wildman–Crippen MR) is 178 cm³/mol. The zero-order valence-corrected chi connectivity index (χ0v) is 27.2. The normalized spacial score (nSPS) is 11.6. The van der Waals surface area contributed by atoms with Crippen LogP contribution in [0.25, 0.3) is 5.82 Å². The molecule has 2 atom stereocenters. The monoisotopic (exact) mass is 650 g/mol. The summed E-state index contributed by atoms with van der Waals surface area (Å²) < 4.78 is 13.4. The Balaban J connectivity index is 0.000000862. The number of hydrogen-bond donors (Lipinski definition) is 6. The molecule has 0 spiro atoms. The third-order valence-corrected chi connectivity index (χ3v) is 5.83. The Morgan fingerprint density at radius 2 is 1.70 bits per heavy atom. The van der Waals surface area contributed by atoms with Gasteiger partial charge in [0, 0.05) is 37.8 Å². The zero-order valence-electron chi connectivity index (χ0n) is 27.2. The molecule has 2 aromatic heterocycles. The number of nitrogen functional groups attached to an aromatic ring is 1. The number of carboxylic acids is 2. The standard InChI is InChI=1S/C28H34N8O3.2C2H4O2/c1-5-38-23-16-20(11-14-22(23)39-18(2)17-35(3)4)25(32-21-12-9-19(10-13-21)26(29)30)27-33-28(37)36(34-27)24-8-6-7-15-31-24;2*1-2(3)4/h6-16,18,25,32H,5,17H2,1-4H3,(H3,29,30)(H,33,34,37);2*1H3,(H,3,4). The molecule has 2 aromatic carbocycles. The maximum atomic E-state index is 12.9. The van der Waals surface area contributed by atoms with Gasteiger partial charge in [0.25, 0.3) is 11.9 Å². The number of ether oxygens (including phenoxy) is 2. The van der Waals surface area contributed by atoms with Gasteiger partial charge in [-0.1, -0.05) is 12.1 Å². The van der Waals surface area contributed by atoms with Gasteiger partial charge in [0.2, 0.25) is 0 Å². The number of likely N-dealkylation sites (N-methyl/N-ethyl adjacent to an activating group) is 1. The summed E-state index contributed by atoms with van der Waals surface area (Å²) in [6, 6.07) is 17.5. The summed E-state index contributed by atoms with van der Waals surface area (Å²) in [6.07, 6.45) is 1.55. The van der Waals surface area contributed by atoms with Crippen molar-refractivity contribution in [2.75, 3.05) is 32.6 Å². The lowest BCUT2D eigenvalue weighted by molar-refractivity contribution is -0.135.